The number of carbonyl (C=O) groups is 1. The monoisotopic (exact) mass is 237 g/mol. The molecule has 17 heavy (non-hydrogen) atoms. The quantitative estimate of drug-likeness (QED) is 0.755. The van der Waals surface area contributed by atoms with E-state index in [1.165, 1.54) is 0 Å². The first-order chi connectivity index (χ1) is 8.22. The smallest absolute Gasteiger partial charge is 0.222 e. The Labute approximate surface area is 103 Å². The van der Waals surface area contributed by atoms with Crippen molar-refractivity contribution in [3.63, 3.8) is 0 Å². The molecule has 96 valence electrons. The Morgan fingerprint density at radius 2 is 2.24 bits per heavy atom. The van der Waals surface area contributed by atoms with Crippen molar-refractivity contribution in [2.45, 2.75) is 57.6 Å². The van der Waals surface area contributed by atoms with Crippen molar-refractivity contribution < 1.29 is 9.90 Å². The van der Waals surface area contributed by atoms with E-state index in [0.717, 1.165) is 45.1 Å². The van der Waals surface area contributed by atoms with Gasteiger partial charge in [-0.15, -0.1) is 0 Å². The molecule has 5 atom stereocenters. The number of hydrogen-bond acceptors (Lipinski definition) is 2. The van der Waals surface area contributed by atoms with Crippen LogP contribution in [0.5, 0.6) is 0 Å². The van der Waals surface area contributed by atoms with Gasteiger partial charge in [0, 0.05) is 19.0 Å². The van der Waals surface area contributed by atoms with Crippen LogP contribution >= 0.6 is 0 Å². The first kappa shape index (κ1) is 11.5. The van der Waals surface area contributed by atoms with Gasteiger partial charge < -0.3 is 10.0 Å². The standard InChI is InChI=1S/C14H23NO2/c1-2-10-11-4-3-5-13(17)15-7-6-9(14(11)15)8-12(10)16/h9-12,14,16H,2-8H2,1H3/t9-,10-,11-,12?,14+/m1/s1. The Morgan fingerprint density at radius 1 is 1.41 bits per heavy atom. The van der Waals surface area contributed by atoms with Crippen molar-refractivity contribution in [1.82, 2.24) is 4.90 Å². The lowest BCUT2D eigenvalue weighted by Crippen LogP contribution is -2.50. The molecule has 2 heterocycles. The summed E-state index contributed by atoms with van der Waals surface area (Å²) in [6, 6.07) is 0.457. The van der Waals surface area contributed by atoms with E-state index in [9.17, 15) is 9.90 Å². The summed E-state index contributed by atoms with van der Waals surface area (Å²) in [5.74, 6) is 1.91. The van der Waals surface area contributed by atoms with Crippen molar-refractivity contribution in [2.75, 3.05) is 6.54 Å². The molecule has 3 nitrogen and oxygen atoms in total. The molecular formula is C14H23NO2. The molecule has 1 saturated carbocycles. The molecule has 0 bridgehead atoms. The van der Waals surface area contributed by atoms with Gasteiger partial charge >= 0.3 is 0 Å². The fourth-order valence-electron chi connectivity index (χ4n) is 4.62. The lowest BCUT2D eigenvalue weighted by molar-refractivity contribution is -0.134. The number of carbonyl (C=O) groups excluding carboxylic acids is 1. The number of amides is 1. The van der Waals surface area contributed by atoms with Crippen LogP contribution in [0.15, 0.2) is 0 Å². The minimum Gasteiger partial charge on any atom is -0.393 e. The summed E-state index contributed by atoms with van der Waals surface area (Å²) in [6.07, 6.45) is 5.85. The highest BCUT2D eigenvalue weighted by atomic mass is 16.3. The van der Waals surface area contributed by atoms with Gasteiger partial charge in [0.15, 0.2) is 0 Å². The third kappa shape index (κ3) is 1.70. The normalized spacial score (nSPS) is 45.6. The number of rotatable bonds is 1. The van der Waals surface area contributed by atoms with E-state index in [-0.39, 0.29) is 6.10 Å². The zero-order valence-corrected chi connectivity index (χ0v) is 10.6. The second-order valence-corrected chi connectivity index (χ2v) is 6.06. The predicted octanol–water partition coefficient (Wildman–Crippen LogP) is 1.79. The molecule has 1 unspecified atom stereocenters. The van der Waals surface area contributed by atoms with Gasteiger partial charge in [-0.05, 0) is 43.4 Å². The van der Waals surface area contributed by atoms with Crippen molar-refractivity contribution >= 4 is 5.91 Å². The number of nitrogens with zero attached hydrogens (tertiary/aromatic N) is 1. The maximum atomic E-state index is 12.1. The number of aliphatic hydroxyl groups excluding tert-OH is 1. The maximum Gasteiger partial charge on any atom is 0.222 e. The molecule has 1 amide bonds. The zero-order valence-electron chi connectivity index (χ0n) is 10.6. The summed E-state index contributed by atoms with van der Waals surface area (Å²) < 4.78 is 0. The Bertz CT molecular complexity index is 317. The Kier molecular flexibility index (Phi) is 2.89. The van der Waals surface area contributed by atoms with Crippen LogP contribution in [-0.2, 0) is 4.79 Å². The predicted molar refractivity (Wildman–Crippen MR) is 65.4 cm³/mol. The fraction of sp³-hybridized carbons (Fsp3) is 0.929. The zero-order chi connectivity index (χ0) is 12.0. The van der Waals surface area contributed by atoms with Gasteiger partial charge in [-0.2, -0.15) is 0 Å². The third-order valence-corrected chi connectivity index (χ3v) is 5.33. The minimum atomic E-state index is -0.126. The largest absolute Gasteiger partial charge is 0.393 e. The summed E-state index contributed by atoms with van der Waals surface area (Å²) in [7, 11) is 0. The molecular weight excluding hydrogens is 214 g/mol. The molecule has 2 saturated heterocycles. The molecule has 3 rings (SSSR count). The van der Waals surface area contributed by atoms with Crippen molar-refractivity contribution in [2.24, 2.45) is 17.8 Å². The van der Waals surface area contributed by atoms with E-state index in [4.69, 9.17) is 0 Å². The van der Waals surface area contributed by atoms with Crippen LogP contribution in [-0.4, -0.2) is 34.6 Å². The highest BCUT2D eigenvalue weighted by Crippen LogP contribution is 2.47. The lowest BCUT2D eigenvalue weighted by atomic mass is 9.67. The second-order valence-electron chi connectivity index (χ2n) is 6.06. The van der Waals surface area contributed by atoms with Gasteiger partial charge in [0.2, 0.25) is 5.91 Å². The van der Waals surface area contributed by atoms with Crippen molar-refractivity contribution in [3.05, 3.63) is 0 Å². The van der Waals surface area contributed by atoms with Crippen LogP contribution in [0.4, 0.5) is 0 Å². The Balaban J connectivity index is 1.92. The molecule has 3 heteroatoms. The molecule has 3 fully saturated rings. The Morgan fingerprint density at radius 3 is 3.00 bits per heavy atom. The molecule has 2 aliphatic heterocycles. The first-order valence-corrected chi connectivity index (χ1v) is 7.20. The van der Waals surface area contributed by atoms with Crippen LogP contribution in [0.25, 0.3) is 0 Å². The summed E-state index contributed by atoms with van der Waals surface area (Å²) >= 11 is 0. The van der Waals surface area contributed by atoms with Crippen LogP contribution in [0, 0.1) is 17.8 Å². The molecule has 0 aromatic carbocycles. The van der Waals surface area contributed by atoms with E-state index < -0.39 is 0 Å². The maximum absolute atomic E-state index is 12.1. The first-order valence-electron chi connectivity index (χ1n) is 7.20. The van der Waals surface area contributed by atoms with Crippen LogP contribution < -0.4 is 0 Å². The SMILES string of the molecule is CC[C@H]1C(O)C[C@H]2CCN3C(=O)CCC[C@H]1[C@H]23. The van der Waals surface area contributed by atoms with Gasteiger partial charge in [-0.3, -0.25) is 4.79 Å². The Hall–Kier alpha value is -0.570. The molecule has 1 N–H and O–H groups in total. The summed E-state index contributed by atoms with van der Waals surface area (Å²) in [5, 5.41) is 10.3. The lowest BCUT2D eigenvalue weighted by Gasteiger charge is -2.44. The van der Waals surface area contributed by atoms with Gasteiger partial charge in [0.25, 0.3) is 0 Å². The van der Waals surface area contributed by atoms with Gasteiger partial charge in [0.05, 0.1) is 6.10 Å². The van der Waals surface area contributed by atoms with Gasteiger partial charge in [0.1, 0.15) is 0 Å². The fourth-order valence-corrected chi connectivity index (χ4v) is 4.62. The molecule has 1 aliphatic carbocycles. The highest BCUT2D eigenvalue weighted by Gasteiger charge is 2.50. The second kappa shape index (κ2) is 4.27. The van der Waals surface area contributed by atoms with E-state index in [2.05, 4.69) is 11.8 Å². The summed E-state index contributed by atoms with van der Waals surface area (Å²) in [4.78, 5) is 14.2. The van der Waals surface area contributed by atoms with Crippen molar-refractivity contribution in [1.29, 1.82) is 0 Å². The molecule has 3 aliphatic rings. The molecule has 0 spiro atoms. The van der Waals surface area contributed by atoms with Crippen molar-refractivity contribution in [3.8, 4) is 0 Å². The topological polar surface area (TPSA) is 40.5 Å². The summed E-state index contributed by atoms with van der Waals surface area (Å²) in [5.41, 5.74) is 0. The summed E-state index contributed by atoms with van der Waals surface area (Å²) in [6.45, 7) is 3.12. The molecule has 0 radical (unpaired) electrons. The molecule has 0 aromatic heterocycles. The van der Waals surface area contributed by atoms with Crippen LogP contribution in [0.1, 0.15) is 45.4 Å². The van der Waals surface area contributed by atoms with E-state index in [0.29, 0.717) is 29.7 Å². The number of aliphatic hydroxyl groups is 1. The van der Waals surface area contributed by atoms with E-state index >= 15 is 0 Å². The van der Waals surface area contributed by atoms with Crippen LogP contribution in [0.2, 0.25) is 0 Å². The number of hydrogen-bond donors (Lipinski definition) is 1. The van der Waals surface area contributed by atoms with Gasteiger partial charge in [-0.1, -0.05) is 13.3 Å². The van der Waals surface area contributed by atoms with E-state index in [1.54, 1.807) is 0 Å². The average Bonchev–Trinajstić information content (AvgIpc) is 2.64. The van der Waals surface area contributed by atoms with Crippen LogP contribution in [0.3, 0.4) is 0 Å². The third-order valence-electron chi connectivity index (χ3n) is 5.33. The molecule has 0 aromatic rings. The minimum absolute atomic E-state index is 0.126. The van der Waals surface area contributed by atoms with Gasteiger partial charge in [-0.25, -0.2) is 0 Å². The highest BCUT2D eigenvalue weighted by molar-refractivity contribution is 5.77. The average molecular weight is 237 g/mol. The van der Waals surface area contributed by atoms with E-state index in [1.807, 2.05) is 0 Å².